The van der Waals surface area contributed by atoms with E-state index in [2.05, 4.69) is 21.2 Å². The quantitative estimate of drug-likeness (QED) is 0.829. The summed E-state index contributed by atoms with van der Waals surface area (Å²) in [4.78, 5) is 12.4. The van der Waals surface area contributed by atoms with Gasteiger partial charge in [0.05, 0.1) is 5.56 Å². The normalized spacial score (nSPS) is 10.3. The molecule has 0 atom stereocenters. The molecule has 0 saturated carbocycles. The fourth-order valence-electron chi connectivity index (χ4n) is 2.17. The van der Waals surface area contributed by atoms with Crippen molar-refractivity contribution in [2.24, 2.45) is 0 Å². The van der Waals surface area contributed by atoms with Gasteiger partial charge in [-0.15, -0.1) is 0 Å². The first kappa shape index (κ1) is 14.6. The van der Waals surface area contributed by atoms with Crippen LogP contribution in [0.5, 0.6) is 0 Å². The highest BCUT2D eigenvalue weighted by Crippen LogP contribution is 2.26. The van der Waals surface area contributed by atoms with Crippen LogP contribution in [0.2, 0.25) is 0 Å². The fraction of sp³-hybridized carbons (Fsp3) is 0.188. The SMILES string of the molecule is CCc1cc(N)cc(C)c1NC(=O)c1ccccc1Br. The fourth-order valence-corrected chi connectivity index (χ4v) is 2.64. The molecular formula is C16H17BrN2O. The van der Waals surface area contributed by atoms with Crippen molar-refractivity contribution >= 4 is 33.2 Å². The topological polar surface area (TPSA) is 55.1 Å². The maximum Gasteiger partial charge on any atom is 0.256 e. The third-order valence-electron chi connectivity index (χ3n) is 3.18. The molecule has 0 radical (unpaired) electrons. The highest BCUT2D eigenvalue weighted by Gasteiger charge is 2.13. The van der Waals surface area contributed by atoms with Crippen LogP contribution < -0.4 is 11.1 Å². The molecule has 3 N–H and O–H groups in total. The van der Waals surface area contributed by atoms with Crippen molar-refractivity contribution in [3.8, 4) is 0 Å². The lowest BCUT2D eigenvalue weighted by Crippen LogP contribution is -2.15. The highest BCUT2D eigenvalue weighted by molar-refractivity contribution is 9.10. The monoisotopic (exact) mass is 332 g/mol. The van der Waals surface area contributed by atoms with Gasteiger partial charge in [-0.1, -0.05) is 19.1 Å². The van der Waals surface area contributed by atoms with Crippen molar-refractivity contribution in [2.45, 2.75) is 20.3 Å². The van der Waals surface area contributed by atoms with Gasteiger partial charge < -0.3 is 11.1 Å². The molecule has 2 aromatic rings. The summed E-state index contributed by atoms with van der Waals surface area (Å²) in [6, 6.07) is 11.1. The van der Waals surface area contributed by atoms with Gasteiger partial charge in [-0.25, -0.2) is 0 Å². The zero-order chi connectivity index (χ0) is 14.7. The van der Waals surface area contributed by atoms with Crippen molar-refractivity contribution in [2.75, 3.05) is 11.1 Å². The molecule has 0 aliphatic rings. The molecule has 0 bridgehead atoms. The minimum absolute atomic E-state index is 0.125. The number of rotatable bonds is 3. The lowest BCUT2D eigenvalue weighted by Gasteiger charge is -2.14. The van der Waals surface area contributed by atoms with Gasteiger partial charge in [0.25, 0.3) is 5.91 Å². The predicted octanol–water partition coefficient (Wildman–Crippen LogP) is 4.15. The first-order chi connectivity index (χ1) is 9.52. The van der Waals surface area contributed by atoms with Gasteiger partial charge in [-0.3, -0.25) is 4.79 Å². The van der Waals surface area contributed by atoms with Gasteiger partial charge in [0.2, 0.25) is 0 Å². The van der Waals surface area contributed by atoms with E-state index in [-0.39, 0.29) is 5.91 Å². The zero-order valence-electron chi connectivity index (χ0n) is 11.5. The largest absolute Gasteiger partial charge is 0.399 e. The Kier molecular flexibility index (Phi) is 4.45. The van der Waals surface area contributed by atoms with Crippen LogP contribution in [0.15, 0.2) is 40.9 Å². The summed E-state index contributed by atoms with van der Waals surface area (Å²) in [6.45, 7) is 3.99. The van der Waals surface area contributed by atoms with Crippen molar-refractivity contribution < 1.29 is 4.79 Å². The van der Waals surface area contributed by atoms with E-state index >= 15 is 0 Å². The molecule has 0 aromatic heterocycles. The number of hydrogen-bond acceptors (Lipinski definition) is 2. The number of benzene rings is 2. The molecular weight excluding hydrogens is 316 g/mol. The van der Waals surface area contributed by atoms with E-state index < -0.39 is 0 Å². The Balaban J connectivity index is 2.35. The molecule has 2 rings (SSSR count). The molecule has 3 nitrogen and oxygen atoms in total. The van der Waals surface area contributed by atoms with E-state index in [4.69, 9.17) is 5.73 Å². The van der Waals surface area contributed by atoms with Crippen LogP contribution in [0, 0.1) is 6.92 Å². The Labute approximate surface area is 127 Å². The van der Waals surface area contributed by atoms with Crippen molar-refractivity contribution in [3.63, 3.8) is 0 Å². The Morgan fingerprint density at radius 2 is 2.00 bits per heavy atom. The van der Waals surface area contributed by atoms with Crippen LogP contribution in [-0.4, -0.2) is 5.91 Å². The molecule has 0 spiro atoms. The zero-order valence-corrected chi connectivity index (χ0v) is 13.1. The van der Waals surface area contributed by atoms with E-state index in [0.717, 1.165) is 33.4 Å². The summed E-state index contributed by atoms with van der Waals surface area (Å²) >= 11 is 3.40. The number of nitrogens with two attached hydrogens (primary N) is 1. The number of carbonyl (C=O) groups is 1. The van der Waals surface area contributed by atoms with E-state index in [1.54, 1.807) is 6.07 Å². The van der Waals surface area contributed by atoms with Crippen LogP contribution in [0.3, 0.4) is 0 Å². The molecule has 0 unspecified atom stereocenters. The van der Waals surface area contributed by atoms with Crippen LogP contribution in [0.25, 0.3) is 0 Å². The first-order valence-corrected chi connectivity index (χ1v) is 7.27. The molecule has 0 fully saturated rings. The predicted molar refractivity (Wildman–Crippen MR) is 87.1 cm³/mol. The van der Waals surface area contributed by atoms with Crippen molar-refractivity contribution in [1.29, 1.82) is 0 Å². The number of carbonyl (C=O) groups excluding carboxylic acids is 1. The molecule has 0 aliphatic carbocycles. The summed E-state index contributed by atoms with van der Waals surface area (Å²) in [6.07, 6.45) is 0.817. The van der Waals surface area contributed by atoms with Crippen molar-refractivity contribution in [1.82, 2.24) is 0 Å². The average Bonchev–Trinajstić information content (AvgIpc) is 2.41. The van der Waals surface area contributed by atoms with Gasteiger partial charge in [0, 0.05) is 15.8 Å². The third-order valence-corrected chi connectivity index (χ3v) is 3.87. The summed E-state index contributed by atoms with van der Waals surface area (Å²) in [5.74, 6) is -0.125. The van der Waals surface area contributed by atoms with Crippen LogP contribution in [0.1, 0.15) is 28.4 Å². The van der Waals surface area contributed by atoms with Gasteiger partial charge in [0.1, 0.15) is 0 Å². The Morgan fingerprint density at radius 3 is 2.65 bits per heavy atom. The molecule has 104 valence electrons. The van der Waals surface area contributed by atoms with Crippen LogP contribution in [0.4, 0.5) is 11.4 Å². The summed E-state index contributed by atoms with van der Waals surface area (Å²) < 4.78 is 0.781. The lowest BCUT2D eigenvalue weighted by atomic mass is 10.0. The van der Waals surface area contributed by atoms with Crippen LogP contribution >= 0.6 is 15.9 Å². The molecule has 4 heteroatoms. The number of amides is 1. The van der Waals surface area contributed by atoms with E-state index in [1.807, 2.05) is 44.2 Å². The maximum absolute atomic E-state index is 12.4. The number of hydrogen-bond donors (Lipinski definition) is 2. The van der Waals surface area contributed by atoms with Gasteiger partial charge in [0.15, 0.2) is 0 Å². The lowest BCUT2D eigenvalue weighted by molar-refractivity contribution is 0.102. The second-order valence-corrected chi connectivity index (χ2v) is 5.51. The number of aryl methyl sites for hydroxylation is 2. The summed E-state index contributed by atoms with van der Waals surface area (Å²) in [5, 5.41) is 2.99. The molecule has 0 saturated heterocycles. The summed E-state index contributed by atoms with van der Waals surface area (Å²) in [5.41, 5.74) is 10.1. The Morgan fingerprint density at radius 1 is 1.30 bits per heavy atom. The van der Waals surface area contributed by atoms with Crippen molar-refractivity contribution in [3.05, 3.63) is 57.6 Å². The summed E-state index contributed by atoms with van der Waals surface area (Å²) in [7, 11) is 0. The Hall–Kier alpha value is -1.81. The maximum atomic E-state index is 12.4. The number of nitrogens with one attached hydrogen (secondary N) is 1. The Bertz CT molecular complexity index is 653. The van der Waals surface area contributed by atoms with E-state index in [9.17, 15) is 4.79 Å². The second-order valence-electron chi connectivity index (χ2n) is 4.66. The van der Waals surface area contributed by atoms with Gasteiger partial charge >= 0.3 is 0 Å². The molecule has 2 aromatic carbocycles. The third kappa shape index (κ3) is 3.02. The average molecular weight is 333 g/mol. The minimum Gasteiger partial charge on any atom is -0.399 e. The molecule has 0 heterocycles. The number of halogens is 1. The van der Waals surface area contributed by atoms with Gasteiger partial charge in [-0.2, -0.15) is 0 Å². The smallest absolute Gasteiger partial charge is 0.256 e. The number of anilines is 2. The van der Waals surface area contributed by atoms with E-state index in [0.29, 0.717) is 5.56 Å². The minimum atomic E-state index is -0.125. The van der Waals surface area contributed by atoms with Crippen LogP contribution in [-0.2, 0) is 6.42 Å². The molecule has 20 heavy (non-hydrogen) atoms. The van der Waals surface area contributed by atoms with E-state index in [1.165, 1.54) is 0 Å². The molecule has 1 amide bonds. The highest BCUT2D eigenvalue weighted by atomic mass is 79.9. The number of nitrogen functional groups attached to an aromatic ring is 1. The standard InChI is InChI=1S/C16H17BrN2O/c1-3-11-9-12(18)8-10(2)15(11)19-16(20)13-6-4-5-7-14(13)17/h4-9H,3,18H2,1-2H3,(H,19,20). The first-order valence-electron chi connectivity index (χ1n) is 6.47. The second kappa shape index (κ2) is 6.09. The molecule has 0 aliphatic heterocycles. The van der Waals surface area contributed by atoms with Gasteiger partial charge in [-0.05, 0) is 64.7 Å².